The Morgan fingerprint density at radius 2 is 1.86 bits per heavy atom. The monoisotopic (exact) mass is 331 g/mol. The number of carbonyl (C=O) groups excluding carboxylic acids is 2. The highest BCUT2D eigenvalue weighted by Gasteiger charge is 2.46. The van der Waals surface area contributed by atoms with E-state index in [-0.39, 0.29) is 19.6 Å². The van der Waals surface area contributed by atoms with Crippen molar-refractivity contribution in [3.63, 3.8) is 0 Å². The van der Waals surface area contributed by atoms with Crippen molar-refractivity contribution in [1.29, 1.82) is 0 Å². The van der Waals surface area contributed by atoms with Crippen LogP contribution in [0.3, 0.4) is 0 Å². The van der Waals surface area contributed by atoms with Crippen LogP contribution in [0.5, 0.6) is 0 Å². The third kappa shape index (κ3) is 2.24. The lowest BCUT2D eigenvalue weighted by Crippen LogP contribution is -2.62. The molecule has 1 aromatic rings. The number of amides is 3. The van der Waals surface area contributed by atoms with Crippen molar-refractivity contribution in [2.75, 3.05) is 19.6 Å². The highest BCUT2D eigenvalue weighted by atomic mass is 32.2. The fraction of sp³-hybridized carbons (Fsp3) is 0.333. The Hall–Kier alpha value is -2.07. The number of sulfonamides is 1. The lowest BCUT2D eigenvalue weighted by Gasteiger charge is -2.41. The summed E-state index contributed by atoms with van der Waals surface area (Å²) in [4.78, 5) is 23.2. The first-order valence-electron chi connectivity index (χ1n) is 6.36. The Morgan fingerprint density at radius 3 is 2.45 bits per heavy atom. The molecule has 2 saturated heterocycles. The first-order valence-corrected chi connectivity index (χ1v) is 7.80. The molecule has 0 aliphatic carbocycles. The van der Waals surface area contributed by atoms with Gasteiger partial charge in [-0.15, -0.1) is 0 Å². The minimum Gasteiger partial charge on any atom is -0.329 e. The lowest BCUT2D eigenvalue weighted by atomic mass is 10.1. The van der Waals surface area contributed by atoms with Crippen LogP contribution in [0.1, 0.15) is 0 Å². The van der Waals surface area contributed by atoms with E-state index in [2.05, 4.69) is 5.32 Å². The third-order valence-electron chi connectivity index (χ3n) is 3.58. The average molecular weight is 331 g/mol. The second-order valence-electron chi connectivity index (χ2n) is 4.97. The smallest absolute Gasteiger partial charge is 0.324 e. The molecule has 22 heavy (non-hydrogen) atoms. The van der Waals surface area contributed by atoms with Gasteiger partial charge in [0.05, 0.1) is 12.6 Å². The van der Waals surface area contributed by atoms with E-state index in [0.717, 1.165) is 21.3 Å². The number of hydrogen-bond acceptors (Lipinski definition) is 4. The molecule has 2 aliphatic heterocycles. The molecule has 2 fully saturated rings. The summed E-state index contributed by atoms with van der Waals surface area (Å²) in [6.45, 7) is -0.407. The molecule has 3 amide bonds. The van der Waals surface area contributed by atoms with Crippen LogP contribution in [0.4, 0.5) is 13.6 Å². The number of halogens is 2. The zero-order valence-corrected chi connectivity index (χ0v) is 11.9. The first kappa shape index (κ1) is 14.9. The van der Waals surface area contributed by atoms with Gasteiger partial charge in [-0.1, -0.05) is 0 Å². The van der Waals surface area contributed by atoms with Gasteiger partial charge >= 0.3 is 6.03 Å². The highest BCUT2D eigenvalue weighted by molar-refractivity contribution is 7.89. The molecule has 2 aliphatic rings. The summed E-state index contributed by atoms with van der Waals surface area (Å²) in [5.74, 6) is -2.37. The van der Waals surface area contributed by atoms with Gasteiger partial charge in [0.25, 0.3) is 0 Å². The van der Waals surface area contributed by atoms with Crippen LogP contribution < -0.4 is 5.32 Å². The van der Waals surface area contributed by atoms with Crippen LogP contribution in [-0.4, -0.2) is 55.2 Å². The molecule has 0 unspecified atom stereocenters. The number of hydrogen-bond donors (Lipinski definition) is 1. The molecule has 118 valence electrons. The second-order valence-corrected chi connectivity index (χ2v) is 6.88. The summed E-state index contributed by atoms with van der Waals surface area (Å²) in [5.41, 5.74) is 0. The number of carbonyl (C=O) groups is 2. The zero-order valence-electron chi connectivity index (χ0n) is 11.1. The SMILES string of the molecule is O=C1CNC(=O)N1C1CN(S(=O)(=O)c2cc(F)ccc2F)C1. The van der Waals surface area contributed by atoms with Crippen molar-refractivity contribution in [2.24, 2.45) is 0 Å². The molecular weight excluding hydrogens is 320 g/mol. The summed E-state index contributed by atoms with van der Waals surface area (Å²) in [7, 11) is -4.20. The van der Waals surface area contributed by atoms with Gasteiger partial charge < -0.3 is 5.32 Å². The Bertz CT molecular complexity index is 746. The van der Waals surface area contributed by atoms with E-state index in [4.69, 9.17) is 0 Å². The summed E-state index contributed by atoms with van der Waals surface area (Å²) in [5, 5.41) is 2.33. The fourth-order valence-corrected chi connectivity index (χ4v) is 3.99. The Morgan fingerprint density at radius 1 is 1.18 bits per heavy atom. The minimum absolute atomic E-state index is 0.124. The fourth-order valence-electron chi connectivity index (χ4n) is 2.39. The van der Waals surface area contributed by atoms with E-state index in [1.807, 2.05) is 0 Å². The maximum absolute atomic E-state index is 13.6. The number of nitrogens with zero attached hydrogens (tertiary/aromatic N) is 2. The van der Waals surface area contributed by atoms with Gasteiger partial charge in [0.1, 0.15) is 16.5 Å². The second kappa shape index (κ2) is 4.99. The largest absolute Gasteiger partial charge is 0.329 e. The van der Waals surface area contributed by atoms with E-state index >= 15 is 0 Å². The summed E-state index contributed by atoms with van der Waals surface area (Å²) >= 11 is 0. The van der Waals surface area contributed by atoms with Gasteiger partial charge in [-0.25, -0.2) is 22.0 Å². The van der Waals surface area contributed by atoms with Crippen molar-refractivity contribution in [3.8, 4) is 0 Å². The first-order chi connectivity index (χ1) is 10.3. The van der Waals surface area contributed by atoms with Gasteiger partial charge in [0.15, 0.2) is 0 Å². The number of rotatable bonds is 3. The predicted octanol–water partition coefficient (Wildman–Crippen LogP) is -0.111. The highest BCUT2D eigenvalue weighted by Crippen LogP contribution is 2.27. The van der Waals surface area contributed by atoms with Crippen molar-refractivity contribution < 1.29 is 26.8 Å². The quantitative estimate of drug-likeness (QED) is 0.783. The van der Waals surface area contributed by atoms with E-state index in [9.17, 15) is 26.8 Å². The predicted molar refractivity (Wildman–Crippen MR) is 69.1 cm³/mol. The maximum atomic E-state index is 13.6. The van der Waals surface area contributed by atoms with Crippen LogP contribution in [0.2, 0.25) is 0 Å². The van der Waals surface area contributed by atoms with Crippen LogP contribution in [0.15, 0.2) is 23.1 Å². The molecule has 1 aromatic carbocycles. The Labute approximate surface area is 124 Å². The molecule has 1 N–H and O–H groups in total. The van der Waals surface area contributed by atoms with Crippen LogP contribution >= 0.6 is 0 Å². The molecule has 0 bridgehead atoms. The van der Waals surface area contributed by atoms with Gasteiger partial charge in [0.2, 0.25) is 15.9 Å². The maximum Gasteiger partial charge on any atom is 0.324 e. The van der Waals surface area contributed by atoms with Crippen molar-refractivity contribution in [1.82, 2.24) is 14.5 Å². The van der Waals surface area contributed by atoms with Crippen LogP contribution in [-0.2, 0) is 14.8 Å². The van der Waals surface area contributed by atoms with Crippen molar-refractivity contribution in [2.45, 2.75) is 10.9 Å². The van der Waals surface area contributed by atoms with E-state index in [1.54, 1.807) is 0 Å². The zero-order chi connectivity index (χ0) is 16.1. The van der Waals surface area contributed by atoms with Crippen molar-refractivity contribution >= 4 is 22.0 Å². The van der Waals surface area contributed by atoms with Gasteiger partial charge in [0, 0.05) is 13.1 Å². The van der Waals surface area contributed by atoms with Gasteiger partial charge in [-0.2, -0.15) is 4.31 Å². The Kier molecular flexibility index (Phi) is 3.37. The standard InChI is InChI=1S/C12H11F2N3O4S/c13-7-1-2-9(14)10(3-7)22(20,21)16-5-8(6-16)17-11(18)4-15-12(17)19/h1-3,8H,4-6H2,(H,15,19). The minimum atomic E-state index is -4.20. The van der Waals surface area contributed by atoms with Crippen LogP contribution in [0.25, 0.3) is 0 Å². The molecule has 0 atom stereocenters. The van der Waals surface area contributed by atoms with E-state index in [0.29, 0.717) is 6.07 Å². The normalized spacial score (nSPS) is 20.2. The molecule has 0 saturated carbocycles. The molecule has 0 radical (unpaired) electrons. The molecule has 10 heteroatoms. The lowest BCUT2D eigenvalue weighted by molar-refractivity contribution is -0.128. The Balaban J connectivity index is 1.78. The van der Waals surface area contributed by atoms with Crippen LogP contribution in [0, 0.1) is 11.6 Å². The third-order valence-corrected chi connectivity index (χ3v) is 5.43. The van der Waals surface area contributed by atoms with E-state index < -0.39 is 44.5 Å². The molecule has 3 rings (SSSR count). The number of nitrogens with one attached hydrogen (secondary N) is 1. The number of imide groups is 1. The van der Waals surface area contributed by atoms with Gasteiger partial charge in [-0.05, 0) is 18.2 Å². The van der Waals surface area contributed by atoms with Crippen molar-refractivity contribution in [3.05, 3.63) is 29.8 Å². The molecule has 0 aromatic heterocycles. The number of urea groups is 1. The van der Waals surface area contributed by atoms with E-state index in [1.165, 1.54) is 0 Å². The molecule has 7 nitrogen and oxygen atoms in total. The topological polar surface area (TPSA) is 86.8 Å². The summed E-state index contributed by atoms with van der Waals surface area (Å²) in [6, 6.07) is 0.980. The molecular formula is C12H11F2N3O4S. The van der Waals surface area contributed by atoms with Gasteiger partial charge in [-0.3, -0.25) is 9.69 Å². The number of benzene rings is 1. The summed E-state index contributed by atoms with van der Waals surface area (Å²) < 4.78 is 52.1. The molecule has 0 spiro atoms. The average Bonchev–Trinajstić information content (AvgIpc) is 2.71. The summed E-state index contributed by atoms with van der Waals surface area (Å²) in [6.07, 6.45) is 0. The molecule has 2 heterocycles.